The second-order valence-electron chi connectivity index (χ2n) is 10.3. The molecule has 11 heteroatoms. The van der Waals surface area contributed by atoms with Crippen molar-refractivity contribution >= 4 is 28.4 Å². The molecule has 0 aliphatic heterocycles. The number of benzene rings is 4. The van der Waals surface area contributed by atoms with Crippen molar-refractivity contribution in [2.24, 2.45) is 0 Å². The Bertz CT molecular complexity index is 1580. The second kappa shape index (κ2) is 15.5. The summed E-state index contributed by atoms with van der Waals surface area (Å²) in [6.45, 7) is 1.11. The average molecular weight is 662 g/mol. The number of hydrogen-bond acceptors (Lipinski definition) is 5. The standard InChI is InChI=1S/C34H32ClF4NO4S/c1-43-33(41)31-29(36)19-26(20-30(31)45(2)42)44-18-10-17-40(21-25-15-9-16-28(32(25)35)34(37,38)39)22-27(23-11-5-3-6-12-23)24-13-7-4-8-14-24/h3-9,11-16,19-20,27H,10,17-18,21-22H2,1-2H3. The van der Waals surface area contributed by atoms with E-state index in [-0.39, 0.29) is 34.7 Å². The van der Waals surface area contributed by atoms with Crippen molar-refractivity contribution in [2.45, 2.75) is 30.0 Å². The molecule has 4 rings (SSSR count). The van der Waals surface area contributed by atoms with E-state index in [0.29, 0.717) is 25.1 Å². The first-order valence-electron chi connectivity index (χ1n) is 14.0. The minimum Gasteiger partial charge on any atom is -0.493 e. The molecular weight excluding hydrogens is 630 g/mol. The molecule has 1 unspecified atom stereocenters. The maximum atomic E-state index is 14.8. The first kappa shape index (κ1) is 34.1. The molecule has 0 amide bonds. The molecule has 4 aromatic carbocycles. The summed E-state index contributed by atoms with van der Waals surface area (Å²) in [6.07, 6.45) is -2.86. The Morgan fingerprint density at radius 3 is 2.13 bits per heavy atom. The molecule has 0 saturated carbocycles. The van der Waals surface area contributed by atoms with E-state index < -0.39 is 39.9 Å². The fraction of sp³-hybridized carbons (Fsp3) is 0.265. The third-order valence-corrected chi connectivity index (χ3v) is 8.62. The van der Waals surface area contributed by atoms with Gasteiger partial charge in [0.25, 0.3) is 0 Å². The zero-order chi connectivity index (χ0) is 32.6. The third-order valence-electron chi connectivity index (χ3n) is 7.24. The number of esters is 1. The highest BCUT2D eigenvalue weighted by molar-refractivity contribution is 7.84. The van der Waals surface area contributed by atoms with E-state index in [1.807, 2.05) is 65.6 Å². The van der Waals surface area contributed by atoms with Crippen molar-refractivity contribution in [1.82, 2.24) is 4.90 Å². The van der Waals surface area contributed by atoms with Crippen LogP contribution in [0, 0.1) is 5.82 Å². The summed E-state index contributed by atoms with van der Waals surface area (Å²) in [5.41, 5.74) is 1.11. The van der Waals surface area contributed by atoms with Gasteiger partial charge in [0.15, 0.2) is 0 Å². The molecule has 0 heterocycles. The predicted molar refractivity (Wildman–Crippen MR) is 167 cm³/mol. The number of alkyl halides is 3. The van der Waals surface area contributed by atoms with E-state index in [2.05, 4.69) is 4.74 Å². The SMILES string of the molecule is COC(=O)c1c(F)cc(OCCCN(Cc2cccc(C(F)(F)F)c2Cl)CC(c2ccccc2)c2ccccc2)cc1S(C)=O. The molecule has 0 fully saturated rings. The van der Waals surface area contributed by atoms with Gasteiger partial charge in [0, 0.05) is 37.9 Å². The van der Waals surface area contributed by atoms with Crippen LogP contribution >= 0.6 is 11.6 Å². The summed E-state index contributed by atoms with van der Waals surface area (Å²) < 4.78 is 78.3. The minimum absolute atomic E-state index is 0.0498. The van der Waals surface area contributed by atoms with Gasteiger partial charge in [-0.25, -0.2) is 9.18 Å². The van der Waals surface area contributed by atoms with E-state index in [1.54, 1.807) is 6.07 Å². The molecule has 0 bridgehead atoms. The molecule has 0 aliphatic carbocycles. The fourth-order valence-electron chi connectivity index (χ4n) is 5.07. The maximum absolute atomic E-state index is 14.8. The molecule has 0 radical (unpaired) electrons. The van der Waals surface area contributed by atoms with Crippen LogP contribution in [0.2, 0.25) is 5.02 Å². The van der Waals surface area contributed by atoms with Gasteiger partial charge in [-0.1, -0.05) is 84.4 Å². The average Bonchev–Trinajstić information content (AvgIpc) is 3.02. The Kier molecular flexibility index (Phi) is 11.8. The first-order valence-corrected chi connectivity index (χ1v) is 16.0. The van der Waals surface area contributed by atoms with E-state index in [1.165, 1.54) is 18.4 Å². The summed E-state index contributed by atoms with van der Waals surface area (Å²) in [7, 11) is -0.592. The topological polar surface area (TPSA) is 55.8 Å². The molecule has 5 nitrogen and oxygen atoms in total. The number of rotatable bonds is 13. The van der Waals surface area contributed by atoms with E-state index >= 15 is 0 Å². The smallest absolute Gasteiger partial charge is 0.417 e. The molecule has 4 aromatic rings. The number of nitrogens with zero attached hydrogens (tertiary/aromatic N) is 1. The lowest BCUT2D eigenvalue weighted by molar-refractivity contribution is -0.137. The molecule has 238 valence electrons. The van der Waals surface area contributed by atoms with E-state index in [0.717, 1.165) is 30.4 Å². The number of halogens is 5. The van der Waals surface area contributed by atoms with Crippen LogP contribution in [0.5, 0.6) is 5.75 Å². The van der Waals surface area contributed by atoms with Crippen LogP contribution in [0.1, 0.15) is 45.0 Å². The van der Waals surface area contributed by atoms with Crippen LogP contribution < -0.4 is 4.74 Å². The van der Waals surface area contributed by atoms with Gasteiger partial charge in [-0.15, -0.1) is 0 Å². The Morgan fingerprint density at radius 1 is 0.956 bits per heavy atom. The van der Waals surface area contributed by atoms with E-state index in [9.17, 15) is 26.6 Å². The van der Waals surface area contributed by atoms with Gasteiger partial charge < -0.3 is 9.47 Å². The largest absolute Gasteiger partial charge is 0.493 e. The van der Waals surface area contributed by atoms with Crippen molar-refractivity contribution in [2.75, 3.05) is 33.1 Å². The number of ether oxygens (including phenoxy) is 2. The highest BCUT2D eigenvalue weighted by Crippen LogP contribution is 2.37. The van der Waals surface area contributed by atoms with Crippen molar-refractivity contribution in [3.8, 4) is 5.75 Å². The molecule has 0 N–H and O–H groups in total. The summed E-state index contributed by atoms with van der Waals surface area (Å²) in [6, 6.07) is 25.9. The van der Waals surface area contributed by atoms with Crippen molar-refractivity contribution in [3.05, 3.63) is 130 Å². The summed E-state index contributed by atoms with van der Waals surface area (Å²) in [5, 5.41) is -0.344. The number of carbonyl (C=O) groups is 1. The van der Waals surface area contributed by atoms with Crippen LogP contribution in [-0.2, 0) is 28.3 Å². The summed E-state index contributed by atoms with van der Waals surface area (Å²) >= 11 is 6.29. The predicted octanol–water partition coefficient (Wildman–Crippen LogP) is 8.13. The van der Waals surface area contributed by atoms with Crippen molar-refractivity contribution in [1.29, 1.82) is 0 Å². The van der Waals surface area contributed by atoms with Gasteiger partial charge in [0.2, 0.25) is 0 Å². The van der Waals surface area contributed by atoms with Gasteiger partial charge in [-0.3, -0.25) is 9.11 Å². The Balaban J connectivity index is 1.58. The van der Waals surface area contributed by atoms with Gasteiger partial charge in [0.1, 0.15) is 17.1 Å². The molecule has 0 saturated heterocycles. The van der Waals surface area contributed by atoms with Gasteiger partial charge in [-0.2, -0.15) is 13.2 Å². The van der Waals surface area contributed by atoms with Crippen molar-refractivity contribution < 1.29 is 36.0 Å². The zero-order valence-electron chi connectivity index (χ0n) is 24.7. The highest BCUT2D eigenvalue weighted by Gasteiger charge is 2.34. The van der Waals surface area contributed by atoms with Crippen molar-refractivity contribution in [3.63, 3.8) is 0 Å². The lowest BCUT2D eigenvalue weighted by atomic mass is 9.90. The molecular formula is C34H32ClF4NO4S. The molecule has 45 heavy (non-hydrogen) atoms. The lowest BCUT2D eigenvalue weighted by Crippen LogP contribution is -2.31. The number of methoxy groups -OCH3 is 1. The Labute approximate surface area is 267 Å². The minimum atomic E-state index is -4.60. The first-order chi connectivity index (χ1) is 21.5. The second-order valence-corrected chi connectivity index (χ2v) is 12.0. The van der Waals surface area contributed by atoms with E-state index in [4.69, 9.17) is 16.3 Å². The lowest BCUT2D eigenvalue weighted by Gasteiger charge is -2.29. The summed E-state index contributed by atoms with van der Waals surface area (Å²) in [4.78, 5) is 14.0. The molecule has 0 spiro atoms. The monoisotopic (exact) mass is 661 g/mol. The molecule has 1 atom stereocenters. The van der Waals surface area contributed by atoms with Crippen LogP contribution in [-0.4, -0.2) is 48.1 Å². The van der Waals surface area contributed by atoms with Gasteiger partial charge in [0.05, 0.1) is 40.0 Å². The highest BCUT2D eigenvalue weighted by atomic mass is 35.5. The van der Waals surface area contributed by atoms with Crippen LogP contribution in [0.4, 0.5) is 17.6 Å². The molecule has 0 aromatic heterocycles. The van der Waals surface area contributed by atoms with Gasteiger partial charge in [-0.05, 0) is 35.2 Å². The Morgan fingerprint density at radius 2 is 1.58 bits per heavy atom. The fourth-order valence-corrected chi connectivity index (χ4v) is 6.12. The maximum Gasteiger partial charge on any atom is 0.417 e. The van der Waals surface area contributed by atoms with Crippen LogP contribution in [0.3, 0.4) is 0 Å². The number of carbonyl (C=O) groups excluding carboxylic acids is 1. The quantitative estimate of drug-likeness (QED) is 0.0823. The van der Waals surface area contributed by atoms with Gasteiger partial charge >= 0.3 is 12.1 Å². The third kappa shape index (κ3) is 8.93. The number of hydrogen-bond donors (Lipinski definition) is 0. The Hall–Kier alpha value is -3.73. The summed E-state index contributed by atoms with van der Waals surface area (Å²) in [5.74, 6) is -1.87. The normalized spacial score (nSPS) is 12.4. The van der Waals surface area contributed by atoms with Crippen LogP contribution in [0.25, 0.3) is 0 Å². The van der Waals surface area contributed by atoms with Crippen LogP contribution in [0.15, 0.2) is 95.9 Å². The molecule has 0 aliphatic rings. The zero-order valence-corrected chi connectivity index (χ0v) is 26.2.